The Kier molecular flexibility index (Phi) is 7.52. The number of nitrogens with one attached hydrogen (secondary N) is 2. The van der Waals surface area contributed by atoms with Gasteiger partial charge in [0.1, 0.15) is 11.5 Å². The average Bonchev–Trinajstić information content (AvgIpc) is 3.50. The Bertz CT molecular complexity index is 1610. The summed E-state index contributed by atoms with van der Waals surface area (Å²) in [5, 5.41) is 6.75. The third-order valence-corrected chi connectivity index (χ3v) is 7.97. The smallest absolute Gasteiger partial charge is 0.230 e. The molecule has 0 unspecified atom stereocenters. The number of hydrogen-bond acceptors (Lipinski definition) is 8. The van der Waals surface area contributed by atoms with Crippen LogP contribution in [0, 0.1) is 12.8 Å². The zero-order valence-corrected chi connectivity index (χ0v) is 22.7. The third kappa shape index (κ3) is 5.92. The normalized spacial score (nSPS) is 11.9. The summed E-state index contributed by atoms with van der Waals surface area (Å²) >= 11 is 2.76. The second kappa shape index (κ2) is 11.2. The lowest BCUT2D eigenvalue weighted by Crippen LogP contribution is -2.29. The molecule has 3 aromatic carbocycles. The summed E-state index contributed by atoms with van der Waals surface area (Å²) in [5.74, 6) is 0.249. The number of benzene rings is 3. The molecule has 0 spiro atoms. The summed E-state index contributed by atoms with van der Waals surface area (Å²) in [6, 6.07) is 19.1. The van der Waals surface area contributed by atoms with Crippen LogP contribution in [0.5, 0.6) is 11.5 Å². The van der Waals surface area contributed by atoms with Crippen LogP contribution in [-0.4, -0.2) is 36.0 Å². The van der Waals surface area contributed by atoms with Gasteiger partial charge >= 0.3 is 0 Å². The SMILES string of the molecule is COc1ccc2sc(NC(=O)C[C@@H](Cc3ccc(C)cc3)C(=O)Nc3nc4cc(OC)ccc4s3)nc2c1. The molecule has 38 heavy (non-hydrogen) atoms. The van der Waals surface area contributed by atoms with E-state index in [0.29, 0.717) is 28.2 Å². The summed E-state index contributed by atoms with van der Waals surface area (Å²) in [6.07, 6.45) is 0.410. The predicted octanol–water partition coefficient (Wildman–Crippen LogP) is 6.06. The van der Waals surface area contributed by atoms with Crippen LogP contribution >= 0.6 is 22.7 Å². The minimum atomic E-state index is -0.603. The van der Waals surface area contributed by atoms with Crippen molar-refractivity contribution in [3.05, 3.63) is 71.8 Å². The molecule has 0 aliphatic carbocycles. The number of ether oxygens (including phenoxy) is 2. The fourth-order valence-corrected chi connectivity index (χ4v) is 5.75. The lowest BCUT2D eigenvalue weighted by molar-refractivity contribution is -0.124. The monoisotopic (exact) mass is 546 g/mol. The van der Waals surface area contributed by atoms with Gasteiger partial charge in [0.2, 0.25) is 11.8 Å². The molecule has 0 saturated heterocycles. The average molecular weight is 547 g/mol. The van der Waals surface area contributed by atoms with E-state index < -0.39 is 5.92 Å². The number of hydrogen-bond donors (Lipinski definition) is 2. The van der Waals surface area contributed by atoms with Crippen LogP contribution in [0.2, 0.25) is 0 Å². The van der Waals surface area contributed by atoms with Crippen molar-refractivity contribution in [3.8, 4) is 11.5 Å². The van der Waals surface area contributed by atoms with E-state index in [-0.39, 0.29) is 18.2 Å². The van der Waals surface area contributed by atoms with Crippen molar-refractivity contribution in [2.45, 2.75) is 19.8 Å². The maximum atomic E-state index is 13.4. The Morgan fingerprint density at radius 2 is 1.37 bits per heavy atom. The summed E-state index contributed by atoms with van der Waals surface area (Å²) in [4.78, 5) is 35.5. The molecule has 5 rings (SSSR count). The Labute approximate surface area is 227 Å². The molecule has 194 valence electrons. The van der Waals surface area contributed by atoms with Crippen molar-refractivity contribution in [1.82, 2.24) is 9.97 Å². The van der Waals surface area contributed by atoms with Crippen molar-refractivity contribution in [2.75, 3.05) is 24.9 Å². The van der Waals surface area contributed by atoms with Gasteiger partial charge in [0.05, 0.1) is 40.6 Å². The summed E-state index contributed by atoms with van der Waals surface area (Å²) in [7, 11) is 3.20. The summed E-state index contributed by atoms with van der Waals surface area (Å²) in [6.45, 7) is 2.01. The van der Waals surface area contributed by atoms with Gasteiger partial charge in [-0.05, 0) is 43.2 Å². The number of aromatic nitrogens is 2. The molecule has 0 radical (unpaired) electrons. The maximum Gasteiger partial charge on any atom is 0.230 e. The fourth-order valence-electron chi connectivity index (χ4n) is 4.04. The maximum absolute atomic E-state index is 13.4. The van der Waals surface area contributed by atoms with E-state index in [0.717, 1.165) is 31.6 Å². The molecule has 5 aromatic rings. The molecular formula is C28H26N4O4S2. The minimum absolute atomic E-state index is 0.00231. The Morgan fingerprint density at radius 3 is 1.92 bits per heavy atom. The van der Waals surface area contributed by atoms with Gasteiger partial charge in [-0.25, -0.2) is 9.97 Å². The van der Waals surface area contributed by atoms with Crippen LogP contribution in [0.4, 0.5) is 10.3 Å². The Hall–Kier alpha value is -4.02. The number of anilines is 2. The highest BCUT2D eigenvalue weighted by Crippen LogP contribution is 2.31. The zero-order chi connectivity index (χ0) is 26.6. The van der Waals surface area contributed by atoms with Gasteiger partial charge in [0.15, 0.2) is 10.3 Å². The Balaban J connectivity index is 1.33. The molecule has 2 aromatic heterocycles. The number of amides is 2. The standard InChI is InChI=1S/C28H26N4O4S2/c1-16-4-6-17(7-5-16)12-18(26(34)32-28-30-22-15-20(36-3)9-11-24(22)38-28)13-25(33)31-27-29-21-14-19(35-2)8-10-23(21)37-27/h4-11,14-15,18H,12-13H2,1-3H3,(H,29,31,33)(H,30,32,34)/t18-/m1/s1. The highest BCUT2D eigenvalue weighted by molar-refractivity contribution is 7.22. The van der Waals surface area contributed by atoms with Crippen molar-refractivity contribution in [1.29, 1.82) is 0 Å². The van der Waals surface area contributed by atoms with Gasteiger partial charge in [-0.15, -0.1) is 0 Å². The quantitative estimate of drug-likeness (QED) is 0.233. The topological polar surface area (TPSA) is 102 Å². The van der Waals surface area contributed by atoms with E-state index >= 15 is 0 Å². The molecule has 0 bridgehead atoms. The number of rotatable bonds is 9. The molecule has 8 nitrogen and oxygen atoms in total. The molecule has 0 aliphatic heterocycles. The van der Waals surface area contributed by atoms with E-state index in [1.54, 1.807) is 14.2 Å². The molecule has 10 heteroatoms. The largest absolute Gasteiger partial charge is 0.497 e. The molecule has 0 saturated carbocycles. The number of carbonyl (C=O) groups excluding carboxylic acids is 2. The lowest BCUT2D eigenvalue weighted by atomic mass is 9.94. The van der Waals surface area contributed by atoms with Crippen LogP contribution in [-0.2, 0) is 16.0 Å². The second-order valence-corrected chi connectivity index (χ2v) is 10.9. The van der Waals surface area contributed by atoms with E-state index in [9.17, 15) is 9.59 Å². The number of thiazole rings is 2. The minimum Gasteiger partial charge on any atom is -0.497 e. The van der Waals surface area contributed by atoms with Crippen LogP contribution in [0.3, 0.4) is 0 Å². The first kappa shape index (κ1) is 25.6. The molecule has 0 aliphatic rings. The van der Waals surface area contributed by atoms with Gasteiger partial charge < -0.3 is 20.1 Å². The van der Waals surface area contributed by atoms with E-state index in [1.807, 2.05) is 67.6 Å². The molecule has 2 N–H and O–H groups in total. The second-order valence-electron chi connectivity index (χ2n) is 8.83. The van der Waals surface area contributed by atoms with E-state index in [4.69, 9.17) is 9.47 Å². The van der Waals surface area contributed by atoms with Crippen LogP contribution in [0.15, 0.2) is 60.7 Å². The van der Waals surface area contributed by atoms with Crippen LogP contribution in [0.25, 0.3) is 20.4 Å². The highest BCUT2D eigenvalue weighted by atomic mass is 32.1. The number of methoxy groups -OCH3 is 2. The van der Waals surface area contributed by atoms with Crippen molar-refractivity contribution in [3.63, 3.8) is 0 Å². The lowest BCUT2D eigenvalue weighted by Gasteiger charge is -2.16. The van der Waals surface area contributed by atoms with Gasteiger partial charge in [-0.2, -0.15) is 0 Å². The first-order valence-electron chi connectivity index (χ1n) is 12.0. The molecule has 2 heterocycles. The fraction of sp³-hybridized carbons (Fsp3) is 0.214. The number of nitrogens with zero attached hydrogens (tertiary/aromatic N) is 2. The molecule has 1 atom stereocenters. The van der Waals surface area contributed by atoms with Crippen molar-refractivity contribution < 1.29 is 19.1 Å². The van der Waals surface area contributed by atoms with Crippen LogP contribution < -0.4 is 20.1 Å². The summed E-state index contributed by atoms with van der Waals surface area (Å²) in [5.41, 5.74) is 3.59. The number of aryl methyl sites for hydroxylation is 1. The first-order chi connectivity index (χ1) is 18.4. The first-order valence-corrected chi connectivity index (χ1v) is 13.6. The van der Waals surface area contributed by atoms with Crippen molar-refractivity contribution >= 4 is 65.2 Å². The number of carbonyl (C=O) groups is 2. The van der Waals surface area contributed by atoms with E-state index in [2.05, 4.69) is 20.6 Å². The van der Waals surface area contributed by atoms with Gasteiger partial charge in [0, 0.05) is 18.6 Å². The van der Waals surface area contributed by atoms with E-state index in [1.165, 1.54) is 22.7 Å². The Morgan fingerprint density at radius 1 is 0.816 bits per heavy atom. The van der Waals surface area contributed by atoms with Gasteiger partial charge in [-0.3, -0.25) is 9.59 Å². The number of fused-ring (bicyclic) bond motifs is 2. The molecule has 2 amide bonds. The van der Waals surface area contributed by atoms with Gasteiger partial charge in [-0.1, -0.05) is 52.5 Å². The van der Waals surface area contributed by atoms with Crippen molar-refractivity contribution in [2.24, 2.45) is 5.92 Å². The zero-order valence-electron chi connectivity index (χ0n) is 21.1. The van der Waals surface area contributed by atoms with Gasteiger partial charge in [0.25, 0.3) is 0 Å². The predicted molar refractivity (Wildman–Crippen MR) is 153 cm³/mol. The highest BCUT2D eigenvalue weighted by Gasteiger charge is 2.24. The van der Waals surface area contributed by atoms with Crippen LogP contribution in [0.1, 0.15) is 17.5 Å². The molecular weight excluding hydrogens is 520 g/mol. The molecule has 0 fully saturated rings. The summed E-state index contributed by atoms with van der Waals surface area (Å²) < 4.78 is 12.4. The third-order valence-electron chi connectivity index (χ3n) is 6.07.